The van der Waals surface area contributed by atoms with Crippen molar-refractivity contribution in [1.82, 2.24) is 10.2 Å². The van der Waals surface area contributed by atoms with Gasteiger partial charge in [0.1, 0.15) is 19.0 Å². The molecule has 1 N–H and O–H groups in total. The fourth-order valence-corrected chi connectivity index (χ4v) is 6.85. The van der Waals surface area contributed by atoms with Crippen molar-refractivity contribution in [3.05, 3.63) is 91.4 Å². The van der Waals surface area contributed by atoms with E-state index in [1.54, 1.807) is 18.2 Å². The van der Waals surface area contributed by atoms with Crippen LogP contribution in [0.3, 0.4) is 0 Å². The van der Waals surface area contributed by atoms with Crippen LogP contribution in [0.5, 0.6) is 11.5 Å². The number of aryl methyl sites for hydroxylation is 1. The number of para-hydroxylation sites is 1. The summed E-state index contributed by atoms with van der Waals surface area (Å²) in [6, 6.07) is 17.0. The average molecular weight is 723 g/mol. The van der Waals surface area contributed by atoms with Crippen molar-refractivity contribution in [2.24, 2.45) is 17.8 Å². The Morgan fingerprint density at radius 3 is 2.36 bits per heavy atom. The maximum absolute atomic E-state index is 14.3. The average Bonchev–Trinajstić information content (AvgIpc) is 3.97. The van der Waals surface area contributed by atoms with Gasteiger partial charge in [-0.25, -0.2) is 0 Å². The van der Waals surface area contributed by atoms with Crippen molar-refractivity contribution in [3.63, 3.8) is 0 Å². The first-order valence-corrected chi connectivity index (χ1v) is 17.6. The van der Waals surface area contributed by atoms with E-state index in [9.17, 15) is 9.59 Å². The minimum atomic E-state index is -0.389. The van der Waals surface area contributed by atoms with E-state index in [-0.39, 0.29) is 48.9 Å². The van der Waals surface area contributed by atoms with Gasteiger partial charge in [-0.1, -0.05) is 76.7 Å². The lowest BCUT2D eigenvalue weighted by Crippen LogP contribution is -2.42. The van der Waals surface area contributed by atoms with Crippen LogP contribution in [0.2, 0.25) is 20.1 Å². The minimum absolute atomic E-state index is 0.0376. The van der Waals surface area contributed by atoms with E-state index in [4.69, 9.17) is 60.6 Å². The first-order chi connectivity index (χ1) is 22.7. The highest BCUT2D eigenvalue weighted by Crippen LogP contribution is 2.39. The zero-order chi connectivity index (χ0) is 33.5. The van der Waals surface area contributed by atoms with Crippen LogP contribution in [0.25, 0.3) is 0 Å². The monoisotopic (exact) mass is 720 g/mol. The summed E-state index contributed by atoms with van der Waals surface area (Å²) in [5.74, 6) is 0.734. The van der Waals surface area contributed by atoms with Gasteiger partial charge in [0.25, 0.3) is 0 Å². The first kappa shape index (κ1) is 35.6. The molecular formula is C36H40Cl4N2O5. The molecule has 0 aliphatic heterocycles. The van der Waals surface area contributed by atoms with Gasteiger partial charge in [-0.3, -0.25) is 9.59 Å². The predicted octanol–water partition coefficient (Wildman–Crippen LogP) is 8.21. The molecular weight excluding hydrogens is 682 g/mol. The third kappa shape index (κ3) is 9.70. The highest BCUT2D eigenvalue weighted by atomic mass is 35.5. The fourth-order valence-electron chi connectivity index (χ4n) is 5.76. The van der Waals surface area contributed by atoms with Gasteiger partial charge in [0.05, 0.1) is 38.5 Å². The van der Waals surface area contributed by atoms with Crippen LogP contribution in [-0.2, 0) is 27.3 Å². The van der Waals surface area contributed by atoms with Crippen molar-refractivity contribution < 1.29 is 23.8 Å². The third-order valence-electron chi connectivity index (χ3n) is 8.47. The number of nitrogens with zero attached hydrogens (tertiary/aromatic N) is 1. The molecule has 11 heteroatoms. The van der Waals surface area contributed by atoms with E-state index in [2.05, 4.69) is 5.32 Å². The summed E-state index contributed by atoms with van der Waals surface area (Å²) in [5.41, 5.74) is 2.67. The summed E-state index contributed by atoms with van der Waals surface area (Å²) in [7, 11) is 0. The Bertz CT molecular complexity index is 1540. The molecule has 1 amide bonds. The number of rotatable bonds is 17. The van der Waals surface area contributed by atoms with Crippen molar-refractivity contribution in [1.29, 1.82) is 0 Å². The number of hydrogen-bond acceptors (Lipinski definition) is 6. The molecule has 2 aliphatic rings. The van der Waals surface area contributed by atoms with E-state index < -0.39 is 0 Å². The van der Waals surface area contributed by atoms with E-state index in [1.807, 2.05) is 55.1 Å². The second-order valence-corrected chi connectivity index (χ2v) is 13.8. The Hall–Kier alpha value is -2.68. The van der Waals surface area contributed by atoms with E-state index in [1.165, 1.54) is 0 Å². The first-order valence-electron chi connectivity index (χ1n) is 16.1. The number of amides is 1. The predicted molar refractivity (Wildman–Crippen MR) is 187 cm³/mol. The number of ether oxygens (including phenoxy) is 3. The second-order valence-electron chi connectivity index (χ2n) is 12.2. The molecule has 3 aromatic rings. The zero-order valence-electron chi connectivity index (χ0n) is 26.6. The summed E-state index contributed by atoms with van der Waals surface area (Å²) in [5, 5.41) is 5.32. The molecule has 0 heterocycles. The SMILES string of the molecule is CCOC(=O)C1CC1CNCC(Cc1ccccc1OCCOc1c(Cl)cc(C)cc1Cl)C(=O)N(Cc1cccc(Cl)c1Cl)C1CC1. The number of hydrogen-bond donors (Lipinski definition) is 1. The summed E-state index contributed by atoms with van der Waals surface area (Å²) >= 11 is 25.5. The van der Waals surface area contributed by atoms with Crippen LogP contribution in [0.1, 0.15) is 42.9 Å². The van der Waals surface area contributed by atoms with Crippen LogP contribution in [0, 0.1) is 24.7 Å². The normalized spacial score (nSPS) is 17.6. The molecule has 3 unspecified atom stereocenters. The molecule has 0 aromatic heterocycles. The number of benzene rings is 3. The molecule has 0 saturated heterocycles. The van der Waals surface area contributed by atoms with Crippen LogP contribution in [-0.4, -0.2) is 55.7 Å². The largest absolute Gasteiger partial charge is 0.490 e. The Kier molecular flexibility index (Phi) is 12.6. The lowest BCUT2D eigenvalue weighted by molar-refractivity contribution is -0.145. The van der Waals surface area contributed by atoms with Gasteiger partial charge in [0.2, 0.25) is 5.91 Å². The fraction of sp³-hybridized carbons (Fsp3) is 0.444. The van der Waals surface area contributed by atoms with Crippen LogP contribution in [0.15, 0.2) is 54.6 Å². The van der Waals surface area contributed by atoms with Gasteiger partial charge in [-0.2, -0.15) is 0 Å². The lowest BCUT2D eigenvalue weighted by atomic mass is 9.96. The summed E-state index contributed by atoms with van der Waals surface area (Å²) in [6.45, 7) is 6.06. The van der Waals surface area contributed by atoms with Crippen molar-refractivity contribution in [2.45, 2.75) is 52.1 Å². The number of carbonyl (C=O) groups is 2. The highest BCUT2D eigenvalue weighted by molar-refractivity contribution is 6.42. The van der Waals surface area contributed by atoms with Gasteiger partial charge in [-0.15, -0.1) is 0 Å². The molecule has 7 nitrogen and oxygen atoms in total. The summed E-state index contributed by atoms with van der Waals surface area (Å²) < 4.78 is 17.2. The molecule has 5 rings (SSSR count). The molecule has 0 radical (unpaired) electrons. The van der Waals surface area contributed by atoms with Crippen LogP contribution in [0.4, 0.5) is 0 Å². The van der Waals surface area contributed by atoms with E-state index >= 15 is 0 Å². The van der Waals surface area contributed by atoms with Gasteiger partial charge < -0.3 is 24.4 Å². The summed E-state index contributed by atoms with van der Waals surface area (Å²) in [4.78, 5) is 28.4. The van der Waals surface area contributed by atoms with E-state index in [0.29, 0.717) is 64.3 Å². The topological polar surface area (TPSA) is 77.1 Å². The smallest absolute Gasteiger partial charge is 0.309 e. The molecule has 252 valence electrons. The Morgan fingerprint density at radius 1 is 0.936 bits per heavy atom. The summed E-state index contributed by atoms with van der Waals surface area (Å²) in [6.07, 6.45) is 3.14. The Morgan fingerprint density at radius 2 is 1.64 bits per heavy atom. The Balaban J connectivity index is 1.27. The van der Waals surface area contributed by atoms with Crippen molar-refractivity contribution in [3.8, 4) is 11.5 Å². The molecule has 2 saturated carbocycles. The molecule has 0 spiro atoms. The molecule has 0 bridgehead atoms. The van der Waals surface area contributed by atoms with Crippen molar-refractivity contribution in [2.75, 3.05) is 32.9 Å². The number of esters is 1. The van der Waals surface area contributed by atoms with Gasteiger partial charge >= 0.3 is 5.97 Å². The molecule has 2 fully saturated rings. The highest BCUT2D eigenvalue weighted by Gasteiger charge is 2.44. The lowest BCUT2D eigenvalue weighted by Gasteiger charge is -2.29. The molecule has 47 heavy (non-hydrogen) atoms. The second kappa shape index (κ2) is 16.6. The van der Waals surface area contributed by atoms with E-state index in [0.717, 1.165) is 36.0 Å². The van der Waals surface area contributed by atoms with Crippen molar-refractivity contribution >= 4 is 58.3 Å². The molecule has 3 atom stereocenters. The standard InChI is InChI=1S/C36H40Cl4N2O5/c1-3-45-36(44)28-18-25(28)19-41-20-26(35(43)42(27-11-12-27)21-24-8-6-9-29(37)33(24)40)17-23-7-4-5-10-32(23)46-13-14-47-34-30(38)15-22(2)16-31(34)39/h4-10,15-16,25-28,41H,3,11-14,17-21H2,1-2H3. The Labute approximate surface area is 296 Å². The van der Waals surface area contributed by atoms with Crippen LogP contribution < -0.4 is 14.8 Å². The van der Waals surface area contributed by atoms with Crippen LogP contribution >= 0.6 is 46.4 Å². The quantitative estimate of drug-likeness (QED) is 0.112. The number of nitrogens with one attached hydrogen (secondary N) is 1. The number of carbonyl (C=O) groups excluding carboxylic acids is 2. The maximum atomic E-state index is 14.3. The van der Waals surface area contributed by atoms with Gasteiger partial charge in [0, 0.05) is 19.1 Å². The minimum Gasteiger partial charge on any atom is -0.490 e. The third-order valence-corrected chi connectivity index (χ3v) is 9.89. The molecule has 2 aliphatic carbocycles. The van der Waals surface area contributed by atoms with Gasteiger partial charge in [0.15, 0.2) is 5.75 Å². The van der Waals surface area contributed by atoms with Gasteiger partial charge in [-0.05, 0) is 92.9 Å². The molecule has 3 aromatic carbocycles. The zero-order valence-corrected chi connectivity index (χ0v) is 29.6. The maximum Gasteiger partial charge on any atom is 0.309 e. The number of halogens is 4.